The maximum absolute atomic E-state index is 12.4. The number of nitrogens with zero attached hydrogens (tertiary/aromatic N) is 4. The van der Waals surface area contributed by atoms with Gasteiger partial charge >= 0.3 is 0 Å². The Labute approximate surface area is 146 Å². The average Bonchev–Trinajstić information content (AvgIpc) is 3.25. The quantitative estimate of drug-likeness (QED) is 0.815. The highest BCUT2D eigenvalue weighted by Gasteiger charge is 2.23. The number of pyridine rings is 1. The Morgan fingerprint density at radius 2 is 2.04 bits per heavy atom. The third kappa shape index (κ3) is 3.77. The zero-order chi connectivity index (χ0) is 16.9. The van der Waals surface area contributed by atoms with E-state index in [-0.39, 0.29) is 11.2 Å². The van der Waals surface area contributed by atoms with Crippen LogP contribution in [0.1, 0.15) is 39.5 Å². The number of rotatable bonds is 6. The summed E-state index contributed by atoms with van der Waals surface area (Å²) < 4.78 is 2.04. The molecule has 0 spiro atoms. The molecule has 1 aliphatic carbocycles. The summed E-state index contributed by atoms with van der Waals surface area (Å²) in [6.45, 7) is 4.74. The molecule has 1 aliphatic rings. The van der Waals surface area contributed by atoms with E-state index in [2.05, 4.69) is 27.4 Å². The van der Waals surface area contributed by atoms with E-state index in [1.807, 2.05) is 23.6 Å². The fourth-order valence-electron chi connectivity index (χ4n) is 2.98. The molecule has 0 saturated heterocycles. The van der Waals surface area contributed by atoms with E-state index >= 15 is 0 Å². The summed E-state index contributed by atoms with van der Waals surface area (Å²) in [6, 6.07) is 4.18. The lowest BCUT2D eigenvalue weighted by Crippen LogP contribution is -2.37. The molecule has 0 radical (unpaired) electrons. The van der Waals surface area contributed by atoms with E-state index in [0.29, 0.717) is 6.04 Å². The van der Waals surface area contributed by atoms with E-state index in [4.69, 9.17) is 0 Å². The lowest BCUT2D eigenvalue weighted by atomic mass is 10.2. The lowest BCUT2D eigenvalue weighted by molar-refractivity contribution is -0.120. The molecule has 0 aliphatic heterocycles. The van der Waals surface area contributed by atoms with Crippen molar-refractivity contribution in [2.24, 2.45) is 0 Å². The Bertz CT molecular complexity index is 682. The van der Waals surface area contributed by atoms with Gasteiger partial charge in [0.05, 0.1) is 5.25 Å². The van der Waals surface area contributed by atoms with Gasteiger partial charge in [-0.3, -0.25) is 9.78 Å². The Hall–Kier alpha value is -1.89. The van der Waals surface area contributed by atoms with Gasteiger partial charge in [-0.2, -0.15) is 0 Å². The van der Waals surface area contributed by atoms with Crippen LogP contribution in [0.25, 0.3) is 11.4 Å². The van der Waals surface area contributed by atoms with Crippen molar-refractivity contribution in [1.82, 2.24) is 25.1 Å². The van der Waals surface area contributed by atoms with Gasteiger partial charge in [0, 0.05) is 30.5 Å². The highest BCUT2D eigenvalue weighted by molar-refractivity contribution is 8.00. The minimum atomic E-state index is -0.189. The molecular weight excluding hydrogens is 322 g/mol. The van der Waals surface area contributed by atoms with Crippen molar-refractivity contribution in [2.45, 2.75) is 62.5 Å². The molecule has 2 aromatic rings. The van der Waals surface area contributed by atoms with Crippen LogP contribution in [0.15, 0.2) is 29.7 Å². The van der Waals surface area contributed by atoms with Gasteiger partial charge in [-0.1, -0.05) is 24.6 Å². The zero-order valence-electron chi connectivity index (χ0n) is 14.1. The smallest absolute Gasteiger partial charge is 0.233 e. The van der Waals surface area contributed by atoms with Gasteiger partial charge in [0.1, 0.15) is 0 Å². The molecule has 24 heavy (non-hydrogen) atoms. The fourth-order valence-corrected chi connectivity index (χ4v) is 3.90. The average molecular weight is 345 g/mol. The van der Waals surface area contributed by atoms with Crippen molar-refractivity contribution in [2.75, 3.05) is 0 Å². The maximum Gasteiger partial charge on any atom is 0.233 e. The van der Waals surface area contributed by atoms with E-state index in [9.17, 15) is 4.79 Å². The molecule has 1 N–H and O–H groups in total. The first kappa shape index (κ1) is 17.0. The molecule has 1 fully saturated rings. The van der Waals surface area contributed by atoms with Crippen LogP contribution in [-0.2, 0) is 11.3 Å². The number of carbonyl (C=O) groups is 1. The summed E-state index contributed by atoms with van der Waals surface area (Å²) >= 11 is 1.46. The van der Waals surface area contributed by atoms with Gasteiger partial charge in [0.2, 0.25) is 5.91 Å². The number of hydrogen-bond donors (Lipinski definition) is 1. The lowest BCUT2D eigenvalue weighted by Gasteiger charge is -2.16. The number of thioether (sulfide) groups is 1. The first-order valence-corrected chi connectivity index (χ1v) is 9.37. The Morgan fingerprint density at radius 3 is 2.71 bits per heavy atom. The summed E-state index contributed by atoms with van der Waals surface area (Å²) in [4.78, 5) is 16.4. The fraction of sp³-hybridized carbons (Fsp3) is 0.529. The summed E-state index contributed by atoms with van der Waals surface area (Å²) in [5.41, 5.74) is 0.981. The predicted octanol–water partition coefficient (Wildman–Crippen LogP) is 2.90. The number of aromatic nitrogens is 4. The van der Waals surface area contributed by atoms with Crippen LogP contribution in [0.5, 0.6) is 0 Å². The van der Waals surface area contributed by atoms with Crippen molar-refractivity contribution in [1.29, 1.82) is 0 Å². The first-order chi connectivity index (χ1) is 11.7. The van der Waals surface area contributed by atoms with Crippen LogP contribution in [0, 0.1) is 0 Å². The number of carbonyl (C=O) groups excluding carboxylic acids is 1. The van der Waals surface area contributed by atoms with E-state index < -0.39 is 0 Å². The number of hydrogen-bond acceptors (Lipinski definition) is 5. The van der Waals surface area contributed by atoms with E-state index in [0.717, 1.165) is 35.9 Å². The first-order valence-electron chi connectivity index (χ1n) is 8.49. The third-order valence-corrected chi connectivity index (χ3v) is 5.41. The van der Waals surface area contributed by atoms with Crippen LogP contribution < -0.4 is 5.32 Å². The van der Waals surface area contributed by atoms with Crippen molar-refractivity contribution >= 4 is 17.7 Å². The van der Waals surface area contributed by atoms with Crippen LogP contribution in [0.2, 0.25) is 0 Å². The monoisotopic (exact) mass is 345 g/mol. The standard InChI is InChI=1S/C17H23N5OS/c1-3-22-15(13-8-10-18-11-9-13)20-21-17(22)24-12(2)16(23)19-14-6-4-5-7-14/h8-12,14H,3-7H2,1-2H3,(H,19,23)/t12-/m1/s1. The SMILES string of the molecule is CCn1c(S[C@H](C)C(=O)NC2CCCC2)nnc1-c1ccncc1. The van der Waals surface area contributed by atoms with Gasteiger partial charge in [0.25, 0.3) is 0 Å². The molecule has 128 valence electrons. The van der Waals surface area contributed by atoms with E-state index in [1.54, 1.807) is 12.4 Å². The van der Waals surface area contributed by atoms with E-state index in [1.165, 1.54) is 24.6 Å². The van der Waals surface area contributed by atoms with Crippen molar-refractivity contribution in [3.63, 3.8) is 0 Å². The minimum Gasteiger partial charge on any atom is -0.352 e. The van der Waals surface area contributed by atoms with Gasteiger partial charge in [-0.05, 0) is 38.8 Å². The molecule has 2 heterocycles. The van der Waals surface area contributed by atoms with Crippen LogP contribution in [-0.4, -0.2) is 36.9 Å². The summed E-state index contributed by atoms with van der Waals surface area (Å²) in [5.74, 6) is 0.897. The Balaban J connectivity index is 1.70. The Kier molecular flexibility index (Phi) is 5.50. The third-order valence-electron chi connectivity index (χ3n) is 4.32. The predicted molar refractivity (Wildman–Crippen MR) is 94.6 cm³/mol. The van der Waals surface area contributed by atoms with Crippen LogP contribution >= 0.6 is 11.8 Å². The molecule has 2 aromatic heterocycles. The van der Waals surface area contributed by atoms with Crippen molar-refractivity contribution < 1.29 is 4.79 Å². The molecule has 1 amide bonds. The summed E-state index contributed by atoms with van der Waals surface area (Å²) in [6.07, 6.45) is 8.11. The number of amides is 1. The second kappa shape index (κ2) is 7.79. The molecule has 0 unspecified atom stereocenters. The molecular formula is C17H23N5OS. The molecule has 0 aromatic carbocycles. The second-order valence-electron chi connectivity index (χ2n) is 6.04. The summed E-state index contributed by atoms with van der Waals surface area (Å²) in [5, 5.41) is 12.3. The largest absolute Gasteiger partial charge is 0.352 e. The highest BCUT2D eigenvalue weighted by atomic mass is 32.2. The van der Waals surface area contributed by atoms with Gasteiger partial charge in [0.15, 0.2) is 11.0 Å². The van der Waals surface area contributed by atoms with Gasteiger partial charge < -0.3 is 9.88 Å². The molecule has 7 heteroatoms. The molecule has 0 bridgehead atoms. The highest BCUT2D eigenvalue weighted by Crippen LogP contribution is 2.27. The molecule has 6 nitrogen and oxygen atoms in total. The van der Waals surface area contributed by atoms with Gasteiger partial charge in [-0.25, -0.2) is 0 Å². The molecule has 1 saturated carbocycles. The van der Waals surface area contributed by atoms with Crippen molar-refractivity contribution in [3.8, 4) is 11.4 Å². The number of nitrogens with one attached hydrogen (secondary N) is 1. The zero-order valence-corrected chi connectivity index (χ0v) is 14.9. The summed E-state index contributed by atoms with van der Waals surface area (Å²) in [7, 11) is 0. The Morgan fingerprint density at radius 1 is 1.33 bits per heavy atom. The van der Waals surface area contributed by atoms with Gasteiger partial charge in [-0.15, -0.1) is 10.2 Å². The van der Waals surface area contributed by atoms with Crippen LogP contribution in [0.4, 0.5) is 0 Å². The second-order valence-corrected chi connectivity index (χ2v) is 7.34. The minimum absolute atomic E-state index is 0.0861. The topological polar surface area (TPSA) is 72.7 Å². The molecule has 1 atom stereocenters. The molecule has 3 rings (SSSR count). The van der Waals surface area contributed by atoms with Crippen molar-refractivity contribution in [3.05, 3.63) is 24.5 Å². The maximum atomic E-state index is 12.4. The van der Waals surface area contributed by atoms with Crippen LogP contribution in [0.3, 0.4) is 0 Å². The normalized spacial score (nSPS) is 16.2.